The first-order chi connectivity index (χ1) is 11.4. The Bertz CT molecular complexity index is 666. The van der Waals surface area contributed by atoms with Gasteiger partial charge < -0.3 is 10.2 Å². The second-order valence-corrected chi connectivity index (χ2v) is 7.56. The molecule has 0 fully saturated rings. The van der Waals surface area contributed by atoms with E-state index < -0.39 is 0 Å². The van der Waals surface area contributed by atoms with Crippen molar-refractivity contribution in [1.29, 1.82) is 0 Å². The van der Waals surface area contributed by atoms with Gasteiger partial charge in [0, 0.05) is 18.3 Å². The normalized spacial score (nSPS) is 11.1. The fraction of sp³-hybridized carbons (Fsp3) is 0.368. The van der Waals surface area contributed by atoms with E-state index >= 15 is 0 Å². The highest BCUT2D eigenvalue weighted by molar-refractivity contribution is 7.09. The Morgan fingerprint density at radius 3 is 2.46 bits per heavy atom. The van der Waals surface area contributed by atoms with Gasteiger partial charge in [-0.25, -0.2) is 0 Å². The van der Waals surface area contributed by atoms with Crippen LogP contribution in [0.1, 0.15) is 30.7 Å². The van der Waals surface area contributed by atoms with Crippen LogP contribution in [-0.4, -0.2) is 30.3 Å². The van der Waals surface area contributed by atoms with Crippen LogP contribution in [-0.2, 0) is 21.5 Å². The first-order valence-corrected chi connectivity index (χ1v) is 8.85. The first kappa shape index (κ1) is 18.2. The molecular weight excluding hydrogens is 320 g/mol. The summed E-state index contributed by atoms with van der Waals surface area (Å²) in [6, 6.07) is 13.9. The lowest BCUT2D eigenvalue weighted by atomic mass is 9.81. The van der Waals surface area contributed by atoms with Gasteiger partial charge in [-0.15, -0.1) is 11.3 Å². The molecule has 2 rings (SSSR count). The summed E-state index contributed by atoms with van der Waals surface area (Å²) in [6.07, 6.45) is 0.367. The largest absolute Gasteiger partial charge is 0.350 e. The Morgan fingerprint density at radius 1 is 1.12 bits per heavy atom. The second kappa shape index (κ2) is 8.11. The molecule has 0 atom stereocenters. The van der Waals surface area contributed by atoms with Crippen LogP contribution in [0.3, 0.4) is 0 Å². The van der Waals surface area contributed by atoms with Gasteiger partial charge in [0.05, 0.1) is 13.1 Å². The number of nitrogens with one attached hydrogen (secondary N) is 1. The second-order valence-electron chi connectivity index (χ2n) is 6.53. The summed E-state index contributed by atoms with van der Waals surface area (Å²) >= 11 is 1.60. The average Bonchev–Trinajstić information content (AvgIpc) is 3.07. The number of amides is 2. The van der Waals surface area contributed by atoms with Gasteiger partial charge in [0.1, 0.15) is 0 Å². The Labute approximate surface area is 147 Å². The van der Waals surface area contributed by atoms with Crippen molar-refractivity contribution in [3.05, 3.63) is 58.3 Å². The Balaban J connectivity index is 1.84. The molecule has 0 radical (unpaired) electrons. The van der Waals surface area contributed by atoms with Crippen molar-refractivity contribution in [3.8, 4) is 0 Å². The minimum Gasteiger partial charge on any atom is -0.350 e. The average molecular weight is 344 g/mol. The van der Waals surface area contributed by atoms with Crippen LogP contribution in [0, 0.1) is 0 Å². The fourth-order valence-corrected chi connectivity index (χ4v) is 3.11. The lowest BCUT2D eigenvalue weighted by Crippen LogP contribution is -2.40. The van der Waals surface area contributed by atoms with E-state index in [1.165, 1.54) is 4.90 Å². The zero-order valence-electron chi connectivity index (χ0n) is 14.4. The number of likely N-dealkylation sites (N-methyl/N-ethyl adjacent to an activating group) is 1. The standard InChI is InChI=1S/C19H24N2O2S/c1-19(2,15-8-5-4-6-9-15)12-18(23)21(3)14-17(22)20-13-16-10-7-11-24-16/h4-11H,12-14H2,1-3H3,(H,20,22). The zero-order valence-corrected chi connectivity index (χ0v) is 15.2. The first-order valence-electron chi connectivity index (χ1n) is 7.97. The highest BCUT2D eigenvalue weighted by Gasteiger charge is 2.26. The molecule has 24 heavy (non-hydrogen) atoms. The summed E-state index contributed by atoms with van der Waals surface area (Å²) in [5, 5.41) is 4.82. The van der Waals surface area contributed by atoms with Crippen LogP contribution in [0.5, 0.6) is 0 Å². The number of hydrogen-bond donors (Lipinski definition) is 1. The molecule has 1 N–H and O–H groups in total. The molecule has 2 amide bonds. The molecule has 0 unspecified atom stereocenters. The Kier molecular flexibility index (Phi) is 6.15. The molecule has 0 saturated heterocycles. The van der Waals surface area contributed by atoms with E-state index in [0.717, 1.165) is 10.4 Å². The van der Waals surface area contributed by atoms with Gasteiger partial charge in [0.2, 0.25) is 11.8 Å². The maximum Gasteiger partial charge on any atom is 0.239 e. The number of carbonyl (C=O) groups is 2. The zero-order chi connectivity index (χ0) is 17.6. The summed E-state index contributed by atoms with van der Waals surface area (Å²) in [4.78, 5) is 27.0. The lowest BCUT2D eigenvalue weighted by Gasteiger charge is -2.27. The molecule has 0 aliphatic heterocycles. The molecule has 4 nitrogen and oxygen atoms in total. The third-order valence-corrected chi connectivity index (χ3v) is 4.87. The summed E-state index contributed by atoms with van der Waals surface area (Å²) in [5.41, 5.74) is 0.856. The molecule has 0 bridgehead atoms. The topological polar surface area (TPSA) is 49.4 Å². The monoisotopic (exact) mass is 344 g/mol. The van der Waals surface area contributed by atoms with Gasteiger partial charge in [0.25, 0.3) is 0 Å². The van der Waals surface area contributed by atoms with Crippen LogP contribution < -0.4 is 5.32 Å². The number of carbonyl (C=O) groups excluding carboxylic acids is 2. The molecule has 0 aliphatic rings. The highest BCUT2D eigenvalue weighted by Crippen LogP contribution is 2.27. The summed E-state index contributed by atoms with van der Waals surface area (Å²) in [6.45, 7) is 4.68. The van der Waals surface area contributed by atoms with Crippen molar-refractivity contribution in [3.63, 3.8) is 0 Å². The van der Waals surface area contributed by atoms with Gasteiger partial charge in [0.15, 0.2) is 0 Å². The molecule has 0 saturated carbocycles. The number of benzene rings is 1. The van der Waals surface area contributed by atoms with Gasteiger partial charge in [-0.2, -0.15) is 0 Å². The molecule has 2 aromatic rings. The molecule has 0 aliphatic carbocycles. The van der Waals surface area contributed by atoms with E-state index in [2.05, 4.69) is 5.32 Å². The van der Waals surface area contributed by atoms with E-state index in [1.54, 1.807) is 18.4 Å². The van der Waals surface area contributed by atoms with Crippen molar-refractivity contribution < 1.29 is 9.59 Å². The van der Waals surface area contributed by atoms with E-state index in [9.17, 15) is 9.59 Å². The van der Waals surface area contributed by atoms with Gasteiger partial charge in [-0.1, -0.05) is 50.2 Å². The van der Waals surface area contributed by atoms with Gasteiger partial charge in [-0.3, -0.25) is 9.59 Å². The van der Waals surface area contributed by atoms with Crippen LogP contribution in [0.15, 0.2) is 47.8 Å². The predicted octanol–water partition coefficient (Wildman–Crippen LogP) is 3.19. The Hall–Kier alpha value is -2.14. The molecule has 1 aromatic heterocycles. The Morgan fingerprint density at radius 2 is 1.83 bits per heavy atom. The van der Waals surface area contributed by atoms with Crippen molar-refractivity contribution in [1.82, 2.24) is 10.2 Å². The smallest absolute Gasteiger partial charge is 0.239 e. The van der Waals surface area contributed by atoms with Crippen molar-refractivity contribution in [2.45, 2.75) is 32.2 Å². The van der Waals surface area contributed by atoms with Gasteiger partial charge >= 0.3 is 0 Å². The summed E-state index contributed by atoms with van der Waals surface area (Å²) in [7, 11) is 1.67. The molecular formula is C19H24N2O2S. The van der Waals surface area contributed by atoms with Gasteiger partial charge in [-0.05, 0) is 22.4 Å². The van der Waals surface area contributed by atoms with Crippen molar-refractivity contribution in [2.24, 2.45) is 0 Å². The lowest BCUT2D eigenvalue weighted by molar-refractivity contribution is -0.135. The molecule has 128 valence electrons. The van der Waals surface area contributed by atoms with E-state index in [1.807, 2.05) is 61.7 Å². The molecule has 5 heteroatoms. The number of hydrogen-bond acceptors (Lipinski definition) is 3. The third kappa shape index (κ3) is 5.20. The fourth-order valence-electron chi connectivity index (χ4n) is 2.46. The maximum atomic E-state index is 12.4. The van der Waals surface area contributed by atoms with Crippen molar-refractivity contribution in [2.75, 3.05) is 13.6 Å². The van der Waals surface area contributed by atoms with Crippen LogP contribution in [0.4, 0.5) is 0 Å². The van der Waals surface area contributed by atoms with E-state index in [4.69, 9.17) is 0 Å². The van der Waals surface area contributed by atoms with E-state index in [-0.39, 0.29) is 23.8 Å². The number of nitrogens with zero attached hydrogens (tertiary/aromatic N) is 1. The number of rotatable bonds is 7. The van der Waals surface area contributed by atoms with Crippen LogP contribution in [0.2, 0.25) is 0 Å². The third-order valence-electron chi connectivity index (χ3n) is 3.99. The minimum absolute atomic E-state index is 0.0323. The predicted molar refractivity (Wildman–Crippen MR) is 97.9 cm³/mol. The van der Waals surface area contributed by atoms with Crippen LogP contribution >= 0.6 is 11.3 Å². The van der Waals surface area contributed by atoms with E-state index in [0.29, 0.717) is 13.0 Å². The SMILES string of the molecule is CN(CC(=O)NCc1cccs1)C(=O)CC(C)(C)c1ccccc1. The quantitative estimate of drug-likeness (QED) is 0.838. The summed E-state index contributed by atoms with van der Waals surface area (Å²) in [5.74, 6) is -0.174. The molecule has 1 aromatic carbocycles. The minimum atomic E-state index is -0.264. The van der Waals surface area contributed by atoms with Crippen LogP contribution in [0.25, 0.3) is 0 Å². The highest BCUT2D eigenvalue weighted by atomic mass is 32.1. The molecule has 0 spiro atoms. The van der Waals surface area contributed by atoms with Crippen molar-refractivity contribution >= 4 is 23.2 Å². The summed E-state index contributed by atoms with van der Waals surface area (Å²) < 4.78 is 0. The maximum absolute atomic E-state index is 12.4. The molecule has 1 heterocycles. The number of thiophene rings is 1.